The molecule has 124 valence electrons. The summed E-state index contributed by atoms with van der Waals surface area (Å²) in [5, 5.41) is 9.23. The van der Waals surface area contributed by atoms with E-state index in [0.717, 1.165) is 26.8 Å². The molecular formula is C20H16N2O2Se. The molecule has 0 radical (unpaired) electrons. The van der Waals surface area contributed by atoms with Gasteiger partial charge in [-0.2, -0.15) is 0 Å². The first-order chi connectivity index (χ1) is 12.9. The molecule has 1 N–H and O–H groups in total. The topological polar surface area (TPSA) is 54.5 Å². The molecule has 3 rings (SSSR count). The molecule has 0 amide bonds. The summed E-state index contributed by atoms with van der Waals surface area (Å²) in [6, 6.07) is 12.8. The molecule has 1 aromatic heterocycles. The molecule has 0 aliphatic carbocycles. The minimum absolute atomic E-state index is 0.0109. The number of aromatic carboxylic acids is 1. The monoisotopic (exact) mass is 398 g/mol. The molecule has 25 heavy (non-hydrogen) atoms. The molecule has 0 aliphatic heterocycles. The van der Waals surface area contributed by atoms with Gasteiger partial charge in [-0.25, -0.2) is 0 Å². The van der Waals surface area contributed by atoms with Crippen LogP contribution in [0.3, 0.4) is 0 Å². The molecule has 0 aliphatic rings. The van der Waals surface area contributed by atoms with Gasteiger partial charge in [-0.1, -0.05) is 0 Å². The van der Waals surface area contributed by atoms with Crippen molar-refractivity contribution in [3.8, 4) is 21.3 Å². The summed E-state index contributed by atoms with van der Waals surface area (Å²) < 4.78 is 16.2. The summed E-state index contributed by atoms with van der Waals surface area (Å²) >= 11 is -0.377. The van der Waals surface area contributed by atoms with Crippen LogP contribution in [-0.4, -0.2) is 30.6 Å². The summed E-state index contributed by atoms with van der Waals surface area (Å²) in [5.74, 6) is -0.936. The number of nitrogens with zero attached hydrogens (tertiary/aromatic N) is 2. The molecule has 0 spiro atoms. The van der Waals surface area contributed by atoms with Crippen molar-refractivity contribution >= 4 is 26.2 Å². The second kappa shape index (κ2) is 7.06. The van der Waals surface area contributed by atoms with E-state index in [2.05, 4.69) is 9.83 Å². The summed E-state index contributed by atoms with van der Waals surface area (Å²) in [6.45, 7) is 9.23. The van der Waals surface area contributed by atoms with Crippen molar-refractivity contribution in [2.75, 3.05) is 0 Å². The number of benzene rings is 2. The van der Waals surface area contributed by atoms with E-state index in [-0.39, 0.29) is 21.4 Å². The molecule has 1 heterocycles. The predicted molar refractivity (Wildman–Crippen MR) is 99.4 cm³/mol. The van der Waals surface area contributed by atoms with Gasteiger partial charge in [-0.3, -0.25) is 0 Å². The summed E-state index contributed by atoms with van der Waals surface area (Å²) in [7, 11) is 0. The normalized spacial score (nSPS) is 12.8. The number of aromatic nitrogens is 1. The number of carbonyl (C=O) groups is 1. The molecule has 0 saturated heterocycles. The van der Waals surface area contributed by atoms with Crippen LogP contribution in [-0.2, 0) is 6.40 Å². The van der Waals surface area contributed by atoms with Crippen LogP contribution in [0.4, 0.5) is 5.69 Å². The molecule has 3 aromatic rings. The third-order valence-electron chi connectivity index (χ3n) is 3.81. The first-order valence-electron chi connectivity index (χ1n) is 8.77. The SMILES string of the molecule is [2H]CC([2H])c1ccc(-c2ccc(-c3nc(C)c(C(=O)O)[se]3)cc2[N+]#[C-])cc1. The van der Waals surface area contributed by atoms with E-state index in [4.69, 9.17) is 9.31 Å². The third-order valence-corrected chi connectivity index (χ3v) is 6.32. The molecular weight excluding hydrogens is 379 g/mol. The molecule has 0 saturated carbocycles. The second-order valence-electron chi connectivity index (χ2n) is 5.41. The van der Waals surface area contributed by atoms with Gasteiger partial charge in [-0.05, 0) is 0 Å². The van der Waals surface area contributed by atoms with E-state index in [1.165, 1.54) is 0 Å². The Balaban J connectivity index is 1.99. The van der Waals surface area contributed by atoms with Crippen molar-refractivity contribution in [2.24, 2.45) is 0 Å². The fourth-order valence-corrected chi connectivity index (χ4v) is 4.41. The Morgan fingerprint density at radius 2 is 2.04 bits per heavy atom. The second-order valence-corrected chi connectivity index (χ2v) is 7.50. The van der Waals surface area contributed by atoms with Crippen molar-refractivity contribution in [3.63, 3.8) is 0 Å². The molecule has 5 heteroatoms. The van der Waals surface area contributed by atoms with E-state index >= 15 is 0 Å². The first kappa shape index (κ1) is 14.7. The average Bonchev–Trinajstić information content (AvgIpc) is 3.09. The van der Waals surface area contributed by atoms with Crippen molar-refractivity contribution in [2.45, 2.75) is 20.2 Å². The fraction of sp³-hybridized carbons (Fsp3) is 0.150. The van der Waals surface area contributed by atoms with Gasteiger partial charge in [0.1, 0.15) is 0 Å². The number of hydrogen-bond donors (Lipinski definition) is 1. The van der Waals surface area contributed by atoms with E-state index < -0.39 is 12.4 Å². The Bertz CT molecular complexity index is 1040. The van der Waals surface area contributed by atoms with Gasteiger partial charge in [0.25, 0.3) is 0 Å². The molecule has 2 aromatic carbocycles. The van der Waals surface area contributed by atoms with Gasteiger partial charge in [-0.15, -0.1) is 0 Å². The summed E-state index contributed by atoms with van der Waals surface area (Å²) in [4.78, 5) is 19.3. The van der Waals surface area contributed by atoms with Crippen LogP contribution >= 0.6 is 0 Å². The van der Waals surface area contributed by atoms with Crippen molar-refractivity contribution in [1.82, 2.24) is 4.98 Å². The molecule has 4 nitrogen and oxygen atoms in total. The van der Waals surface area contributed by atoms with E-state index in [9.17, 15) is 9.90 Å². The quantitative estimate of drug-likeness (QED) is 0.518. The van der Waals surface area contributed by atoms with Crippen LogP contribution in [0, 0.1) is 13.5 Å². The number of aryl methyl sites for hydroxylation is 2. The third kappa shape index (κ3) is 3.41. The van der Waals surface area contributed by atoms with Gasteiger partial charge in [0.15, 0.2) is 0 Å². The number of hydrogen-bond acceptors (Lipinski definition) is 2. The Morgan fingerprint density at radius 3 is 2.64 bits per heavy atom. The van der Waals surface area contributed by atoms with Gasteiger partial charge in [0, 0.05) is 0 Å². The van der Waals surface area contributed by atoms with Crippen LogP contribution in [0.25, 0.3) is 26.1 Å². The molecule has 0 bridgehead atoms. The van der Waals surface area contributed by atoms with Gasteiger partial charge >= 0.3 is 155 Å². The van der Waals surface area contributed by atoms with Gasteiger partial charge in [0.2, 0.25) is 0 Å². The zero-order valence-electron chi connectivity index (χ0n) is 15.5. The molecule has 1 atom stereocenters. The average molecular weight is 397 g/mol. The standard InChI is InChI=1S/C20H16N2O2Se/c1-4-13-5-7-14(8-6-13)16-10-9-15(11-17(16)21-3)19-22-12(2)18(25-19)20(23)24/h5-11H,4H2,1-2H3,(H,23,24)/i1D,4D. The Labute approximate surface area is 155 Å². The maximum atomic E-state index is 11.3. The molecule has 1 unspecified atom stereocenters. The van der Waals surface area contributed by atoms with Crippen LogP contribution in [0.1, 0.15) is 30.1 Å². The number of carboxylic acid groups (broad SMARTS) is 1. The van der Waals surface area contributed by atoms with Crippen LogP contribution in [0.15, 0.2) is 42.5 Å². The first-order valence-corrected chi connectivity index (χ1v) is 9.20. The van der Waals surface area contributed by atoms with Crippen LogP contribution in [0.2, 0.25) is 0 Å². The van der Waals surface area contributed by atoms with Crippen molar-refractivity contribution in [1.29, 1.82) is 0 Å². The summed E-state index contributed by atoms with van der Waals surface area (Å²) in [6.07, 6.45) is -0.566. The number of carboxylic acids is 1. The number of rotatable bonds is 4. The minimum atomic E-state index is -0.936. The van der Waals surface area contributed by atoms with E-state index in [1.807, 2.05) is 36.4 Å². The van der Waals surface area contributed by atoms with Gasteiger partial charge in [0.05, 0.1) is 0 Å². The van der Waals surface area contributed by atoms with Crippen LogP contribution in [0.5, 0.6) is 0 Å². The maximum absolute atomic E-state index is 11.3. The fourth-order valence-electron chi connectivity index (χ4n) is 2.52. The predicted octanol–water partition coefficient (Wildman–Crippen LogP) is 4.59. The van der Waals surface area contributed by atoms with E-state index in [0.29, 0.717) is 15.8 Å². The zero-order valence-corrected chi connectivity index (χ0v) is 15.2. The van der Waals surface area contributed by atoms with Crippen LogP contribution < -0.4 is 0 Å². The van der Waals surface area contributed by atoms with E-state index in [1.54, 1.807) is 13.0 Å². The van der Waals surface area contributed by atoms with Gasteiger partial charge < -0.3 is 0 Å². The molecule has 0 fully saturated rings. The summed E-state index contributed by atoms with van der Waals surface area (Å²) in [5.41, 5.74) is 4.21. The van der Waals surface area contributed by atoms with Crippen molar-refractivity contribution < 1.29 is 12.6 Å². The Hall–Kier alpha value is -2.67. The Morgan fingerprint density at radius 1 is 1.32 bits per heavy atom. The van der Waals surface area contributed by atoms with Crippen molar-refractivity contribution in [3.05, 3.63) is 69.6 Å². The zero-order chi connectivity index (χ0) is 19.6. The Kier molecular flexibility index (Phi) is 4.14.